The van der Waals surface area contributed by atoms with Crippen molar-refractivity contribution in [2.45, 2.75) is 93.7 Å². The molecule has 8 aromatic rings. The standard InChI is InChI=1S/C66H62Cl2F2N14O4/c1-36-30-82(63(85)37(2)69)45(17-19-71)32-81(36)61-59-53(25-42(28-73-59)49-14-6-10-39-11-7-15-51(67)57(39)49)75-65(77-61)88-35-48-23-44(31-80(48)5)41-22-40-12-8-16-52(68)58(40)50(24-41)43-26-54-60(74-29-43)62(78-66(76-54)87-34-46-13-9-21-79(46)4)83-33-47-27-56(83)55(18-20-72)84(47)64(86)38(3)70/h6-8,10-12,14-16,22,24-26,28-29,36,44-48,55-56H,2-3,9,13,17-18,21,23,27,30-35H2,1,4-5H3. The molecule has 4 aromatic heterocycles. The molecule has 22 heteroatoms. The summed E-state index contributed by atoms with van der Waals surface area (Å²) in [6.07, 6.45) is 6.82. The normalized spacial score (nSPS) is 22.9. The Bertz CT molecular complexity index is 4250. The van der Waals surface area contributed by atoms with Crippen molar-refractivity contribution in [2.75, 3.05) is 69.8 Å². The zero-order valence-electron chi connectivity index (χ0n) is 48.8. The minimum atomic E-state index is -1.09. The lowest BCUT2D eigenvalue weighted by Gasteiger charge is -2.45. The molecule has 8 atom stereocenters. The van der Waals surface area contributed by atoms with Gasteiger partial charge in [-0.1, -0.05) is 91.0 Å². The molecule has 88 heavy (non-hydrogen) atoms. The van der Waals surface area contributed by atoms with E-state index in [-0.39, 0.29) is 80.7 Å². The van der Waals surface area contributed by atoms with E-state index in [0.29, 0.717) is 69.9 Å². The van der Waals surface area contributed by atoms with Crippen LogP contribution in [0.5, 0.6) is 12.0 Å². The second kappa shape index (κ2) is 23.8. The topological polar surface area (TPSA) is 197 Å². The number of carbonyl (C=O) groups is 2. The number of aromatic nitrogens is 6. The highest BCUT2D eigenvalue weighted by Crippen LogP contribution is 2.45. The summed E-state index contributed by atoms with van der Waals surface area (Å²) in [5.74, 6) is -2.78. The van der Waals surface area contributed by atoms with Crippen LogP contribution in [0, 0.1) is 22.7 Å². The monoisotopic (exact) mass is 1220 g/mol. The third-order valence-corrected chi connectivity index (χ3v) is 19.2. The lowest BCUT2D eigenvalue weighted by atomic mass is 9.89. The van der Waals surface area contributed by atoms with Crippen LogP contribution in [0.25, 0.3) is 65.9 Å². The molecule has 2 amide bonds. The number of hydrogen-bond acceptors (Lipinski definition) is 16. The van der Waals surface area contributed by atoms with Crippen LogP contribution in [0.3, 0.4) is 0 Å². The average Bonchev–Trinajstić information content (AvgIpc) is 1.76. The fourth-order valence-electron chi connectivity index (χ4n) is 14.2. The summed E-state index contributed by atoms with van der Waals surface area (Å²) in [6.45, 7) is 11.3. The number of carbonyl (C=O) groups excluding carboxylic acids is 2. The van der Waals surface area contributed by atoms with Gasteiger partial charge in [-0.25, -0.2) is 8.78 Å². The Balaban J connectivity index is 0.823. The summed E-state index contributed by atoms with van der Waals surface area (Å²) < 4.78 is 42.0. The first-order chi connectivity index (χ1) is 42.5. The van der Waals surface area contributed by atoms with Crippen molar-refractivity contribution >= 4 is 90.3 Å². The molecule has 5 aliphatic heterocycles. The maximum Gasteiger partial charge on any atom is 0.319 e. The molecule has 9 heterocycles. The van der Waals surface area contributed by atoms with Crippen molar-refractivity contribution in [3.8, 4) is 46.4 Å². The van der Waals surface area contributed by atoms with E-state index in [1.807, 2.05) is 78.7 Å². The number of anilines is 2. The van der Waals surface area contributed by atoms with Crippen molar-refractivity contribution in [3.63, 3.8) is 0 Å². The molecule has 448 valence electrons. The van der Waals surface area contributed by atoms with E-state index < -0.39 is 35.6 Å². The molecule has 8 unspecified atom stereocenters. The summed E-state index contributed by atoms with van der Waals surface area (Å²) in [7, 11) is 4.16. The Labute approximate surface area is 517 Å². The number of ether oxygens (including phenoxy) is 2. The first kappa shape index (κ1) is 58.4. The molecule has 5 saturated heterocycles. The SMILES string of the molecule is C=C(F)C(=O)N1CC(C)N(c2nc(OCC3CC(c4cc(-c5cnc6c(N7CC8CC7C(CC#N)N8C(=O)C(=C)F)nc(OCC7CCCN7C)nc6c5)c5c(Cl)cccc5c4)CN3C)nc3cc(-c4cccc5cccc(Cl)c45)cnc23)CC1CC#N. The number of rotatable bonds is 15. The summed E-state index contributed by atoms with van der Waals surface area (Å²) in [4.78, 5) is 67.8. The van der Waals surface area contributed by atoms with Gasteiger partial charge in [0.1, 0.15) is 24.2 Å². The van der Waals surface area contributed by atoms with E-state index in [9.17, 15) is 28.9 Å². The van der Waals surface area contributed by atoms with E-state index in [2.05, 4.69) is 72.3 Å². The molecule has 0 saturated carbocycles. The molecule has 5 fully saturated rings. The predicted molar refractivity (Wildman–Crippen MR) is 334 cm³/mol. The van der Waals surface area contributed by atoms with Gasteiger partial charge in [-0.15, -0.1) is 0 Å². The van der Waals surface area contributed by atoms with Crippen LogP contribution in [-0.2, 0) is 9.59 Å². The Kier molecular flexibility index (Phi) is 15.8. The molecule has 5 aliphatic rings. The Morgan fingerprint density at radius 3 is 1.93 bits per heavy atom. The summed E-state index contributed by atoms with van der Waals surface area (Å²) in [5, 5.41) is 24.6. The molecule has 2 bridgehead atoms. The Morgan fingerprint density at radius 1 is 0.682 bits per heavy atom. The lowest BCUT2D eigenvalue weighted by molar-refractivity contribution is -0.132. The van der Waals surface area contributed by atoms with E-state index in [0.717, 1.165) is 75.2 Å². The second-order valence-electron chi connectivity index (χ2n) is 23.9. The zero-order valence-corrected chi connectivity index (χ0v) is 50.3. The van der Waals surface area contributed by atoms with Gasteiger partial charge in [0.15, 0.2) is 23.3 Å². The van der Waals surface area contributed by atoms with Crippen LogP contribution in [-0.4, -0.2) is 164 Å². The van der Waals surface area contributed by atoms with Crippen LogP contribution >= 0.6 is 23.2 Å². The maximum atomic E-state index is 14.4. The van der Waals surface area contributed by atoms with Gasteiger partial charge in [0, 0.05) is 88.6 Å². The quantitative estimate of drug-likeness (QED) is 0.0878. The van der Waals surface area contributed by atoms with Gasteiger partial charge in [0.2, 0.25) is 0 Å². The number of hydrogen-bond donors (Lipinski definition) is 0. The van der Waals surface area contributed by atoms with E-state index in [4.69, 9.17) is 62.6 Å². The molecule has 0 N–H and O–H groups in total. The van der Waals surface area contributed by atoms with Crippen molar-refractivity contribution < 1.29 is 27.8 Å². The Hall–Kier alpha value is -8.66. The van der Waals surface area contributed by atoms with Gasteiger partial charge in [-0.2, -0.15) is 30.5 Å². The second-order valence-corrected chi connectivity index (χ2v) is 24.7. The number of benzene rings is 4. The number of halogens is 4. The zero-order chi connectivity index (χ0) is 61.2. The summed E-state index contributed by atoms with van der Waals surface area (Å²) in [5.41, 5.74) is 6.41. The van der Waals surface area contributed by atoms with Crippen LogP contribution in [0.2, 0.25) is 10.0 Å². The van der Waals surface area contributed by atoms with Crippen molar-refractivity contribution in [3.05, 3.63) is 132 Å². The number of pyridine rings is 2. The first-order valence-corrected chi connectivity index (χ1v) is 30.3. The van der Waals surface area contributed by atoms with Crippen LogP contribution in [0.1, 0.15) is 56.9 Å². The fraction of sp³-hybridized carbons (Fsp3) is 0.364. The van der Waals surface area contributed by atoms with Crippen LogP contribution in [0.4, 0.5) is 20.4 Å². The number of nitriles is 2. The van der Waals surface area contributed by atoms with Gasteiger partial charge in [-0.3, -0.25) is 24.5 Å². The molecule has 13 rings (SSSR count). The smallest absolute Gasteiger partial charge is 0.319 e. The van der Waals surface area contributed by atoms with Gasteiger partial charge >= 0.3 is 12.0 Å². The summed E-state index contributed by atoms with van der Waals surface area (Å²) in [6, 6.07) is 28.4. The fourth-order valence-corrected chi connectivity index (χ4v) is 14.7. The highest BCUT2D eigenvalue weighted by Gasteiger charge is 2.53. The third-order valence-electron chi connectivity index (χ3n) is 18.5. The maximum absolute atomic E-state index is 14.4. The van der Waals surface area contributed by atoms with Gasteiger partial charge < -0.3 is 34.0 Å². The third kappa shape index (κ3) is 10.7. The lowest BCUT2D eigenvalue weighted by Crippen LogP contribution is -2.59. The number of nitrogens with zero attached hydrogens (tertiary/aromatic N) is 14. The van der Waals surface area contributed by atoms with Crippen LogP contribution < -0.4 is 19.3 Å². The predicted octanol–water partition coefficient (Wildman–Crippen LogP) is 11.0. The minimum Gasteiger partial charge on any atom is -0.462 e. The largest absolute Gasteiger partial charge is 0.462 e. The van der Waals surface area contributed by atoms with Gasteiger partial charge in [0.05, 0.1) is 60.2 Å². The molecule has 0 spiro atoms. The van der Waals surface area contributed by atoms with Crippen molar-refractivity contribution in [1.29, 1.82) is 10.5 Å². The number of likely N-dealkylation sites (N-methyl/N-ethyl adjacent to an activating group) is 2. The van der Waals surface area contributed by atoms with E-state index in [1.165, 1.54) is 9.80 Å². The minimum absolute atomic E-state index is 0.00361. The number of likely N-dealkylation sites (tertiary alicyclic amines) is 3. The van der Waals surface area contributed by atoms with Crippen LogP contribution in [0.15, 0.2) is 116 Å². The first-order valence-electron chi connectivity index (χ1n) is 29.6. The van der Waals surface area contributed by atoms with Crippen molar-refractivity contribution in [2.24, 2.45) is 0 Å². The molecular weight excluding hydrogens is 1160 g/mol. The molecular formula is C66H62Cl2F2N14O4. The molecule has 4 aromatic carbocycles. The van der Waals surface area contributed by atoms with E-state index in [1.54, 1.807) is 6.20 Å². The van der Waals surface area contributed by atoms with E-state index >= 15 is 0 Å². The molecule has 18 nitrogen and oxygen atoms in total. The van der Waals surface area contributed by atoms with Gasteiger partial charge in [-0.05, 0) is 111 Å². The summed E-state index contributed by atoms with van der Waals surface area (Å²) >= 11 is 14.0. The number of amides is 2. The molecule has 0 aliphatic carbocycles. The highest BCUT2D eigenvalue weighted by molar-refractivity contribution is 6.37. The van der Waals surface area contributed by atoms with Crippen molar-refractivity contribution in [1.82, 2.24) is 49.5 Å². The number of piperazine rings is 2. The molecule has 0 radical (unpaired) electrons. The number of fused-ring (bicyclic) bond motifs is 6. The van der Waals surface area contributed by atoms with Gasteiger partial charge in [0.25, 0.3) is 11.8 Å². The average molecular weight is 1220 g/mol. The highest BCUT2D eigenvalue weighted by atomic mass is 35.5. The Morgan fingerprint density at radius 2 is 1.30 bits per heavy atom.